The molecule has 2 rings (SSSR count). The van der Waals surface area contributed by atoms with Crippen LogP contribution in [0.25, 0.3) is 0 Å². The molecule has 0 bridgehead atoms. The highest BCUT2D eigenvalue weighted by atomic mass is 15.3. The number of piperazine rings is 1. The number of hydrogen-bond acceptors (Lipinski definition) is 6. The highest BCUT2D eigenvalue weighted by Crippen LogP contribution is 2.23. The van der Waals surface area contributed by atoms with Gasteiger partial charge in [-0.25, -0.2) is 15.8 Å². The van der Waals surface area contributed by atoms with Crippen LogP contribution in [0.2, 0.25) is 0 Å². The van der Waals surface area contributed by atoms with Crippen LogP contribution in [0.1, 0.15) is 12.5 Å². The predicted molar refractivity (Wildman–Crippen MR) is 68.9 cm³/mol. The molecule has 1 fully saturated rings. The van der Waals surface area contributed by atoms with Gasteiger partial charge in [-0.3, -0.25) is 0 Å². The maximum absolute atomic E-state index is 5.43. The Kier molecular flexibility index (Phi) is 3.44. The Hall–Kier alpha value is -1.40. The molecule has 0 spiro atoms. The highest BCUT2D eigenvalue weighted by Gasteiger charge is 2.23. The van der Waals surface area contributed by atoms with E-state index in [-0.39, 0.29) is 0 Å². The van der Waals surface area contributed by atoms with Crippen LogP contribution in [-0.2, 0) is 0 Å². The van der Waals surface area contributed by atoms with Gasteiger partial charge in [-0.1, -0.05) is 0 Å². The first kappa shape index (κ1) is 12.1. The molecule has 0 radical (unpaired) electrons. The maximum atomic E-state index is 5.43. The number of aromatic nitrogens is 2. The molecule has 1 aromatic rings. The van der Waals surface area contributed by atoms with Crippen molar-refractivity contribution in [2.45, 2.75) is 19.9 Å². The lowest BCUT2D eigenvalue weighted by Crippen LogP contribution is -2.50. The Morgan fingerprint density at radius 3 is 2.82 bits per heavy atom. The molecule has 3 N–H and O–H groups in total. The number of nitrogens with one attached hydrogen (secondary N) is 1. The predicted octanol–water partition coefficient (Wildman–Crippen LogP) is 0.211. The second kappa shape index (κ2) is 4.85. The number of nitrogens with zero attached hydrogens (tertiary/aromatic N) is 4. The SMILES string of the molecule is Cc1c(NN)ncnc1N1CCN(C)C(C)C1. The van der Waals surface area contributed by atoms with E-state index in [4.69, 9.17) is 5.84 Å². The Labute approximate surface area is 102 Å². The van der Waals surface area contributed by atoms with Gasteiger partial charge in [0.1, 0.15) is 18.0 Å². The molecule has 1 aliphatic heterocycles. The summed E-state index contributed by atoms with van der Waals surface area (Å²) in [6.45, 7) is 7.25. The van der Waals surface area contributed by atoms with E-state index >= 15 is 0 Å². The van der Waals surface area contributed by atoms with E-state index in [0.29, 0.717) is 11.9 Å². The van der Waals surface area contributed by atoms with Crippen LogP contribution in [-0.4, -0.2) is 47.6 Å². The third-order valence-electron chi connectivity index (χ3n) is 3.45. The zero-order valence-corrected chi connectivity index (χ0v) is 10.6. The molecular weight excluding hydrogens is 216 g/mol. The fraction of sp³-hybridized carbons (Fsp3) is 0.636. The molecule has 6 nitrogen and oxygen atoms in total. The van der Waals surface area contributed by atoms with Gasteiger partial charge in [-0.15, -0.1) is 0 Å². The van der Waals surface area contributed by atoms with Crippen LogP contribution in [0.3, 0.4) is 0 Å². The first-order valence-electron chi connectivity index (χ1n) is 5.87. The minimum atomic E-state index is 0.535. The number of hydrazine groups is 1. The van der Waals surface area contributed by atoms with Gasteiger partial charge in [0, 0.05) is 31.2 Å². The lowest BCUT2D eigenvalue weighted by molar-refractivity contribution is 0.233. The van der Waals surface area contributed by atoms with Crippen molar-refractivity contribution in [1.29, 1.82) is 0 Å². The highest BCUT2D eigenvalue weighted by molar-refractivity contribution is 5.57. The average Bonchev–Trinajstić information content (AvgIpc) is 2.33. The third-order valence-corrected chi connectivity index (χ3v) is 3.45. The van der Waals surface area contributed by atoms with Gasteiger partial charge >= 0.3 is 0 Å². The summed E-state index contributed by atoms with van der Waals surface area (Å²) in [4.78, 5) is 13.1. The molecule has 0 amide bonds. The molecule has 1 aromatic heterocycles. The van der Waals surface area contributed by atoms with Gasteiger partial charge < -0.3 is 15.2 Å². The van der Waals surface area contributed by atoms with Gasteiger partial charge in [0.15, 0.2) is 0 Å². The Bertz CT molecular complexity index is 394. The summed E-state index contributed by atoms with van der Waals surface area (Å²) >= 11 is 0. The van der Waals surface area contributed by atoms with Crippen LogP contribution < -0.4 is 16.2 Å². The Balaban J connectivity index is 2.23. The number of likely N-dealkylation sites (N-methyl/N-ethyl adjacent to an activating group) is 1. The molecule has 2 heterocycles. The van der Waals surface area contributed by atoms with Crippen molar-refractivity contribution in [3.63, 3.8) is 0 Å². The van der Waals surface area contributed by atoms with Crippen LogP contribution in [0, 0.1) is 6.92 Å². The second-order valence-electron chi connectivity index (χ2n) is 4.59. The largest absolute Gasteiger partial charge is 0.353 e. The molecule has 0 aliphatic carbocycles. The molecule has 17 heavy (non-hydrogen) atoms. The van der Waals surface area contributed by atoms with Crippen molar-refractivity contribution < 1.29 is 0 Å². The number of nitrogens with two attached hydrogens (primary N) is 1. The molecule has 1 aliphatic rings. The van der Waals surface area contributed by atoms with E-state index in [2.05, 4.69) is 39.2 Å². The van der Waals surface area contributed by atoms with Crippen LogP contribution in [0.15, 0.2) is 6.33 Å². The summed E-state index contributed by atoms with van der Waals surface area (Å²) in [6.07, 6.45) is 1.56. The topological polar surface area (TPSA) is 70.3 Å². The average molecular weight is 236 g/mol. The van der Waals surface area contributed by atoms with Crippen molar-refractivity contribution in [3.8, 4) is 0 Å². The van der Waals surface area contributed by atoms with E-state index in [9.17, 15) is 0 Å². The fourth-order valence-corrected chi connectivity index (χ4v) is 2.15. The summed E-state index contributed by atoms with van der Waals surface area (Å²) in [5.74, 6) is 7.11. The van der Waals surface area contributed by atoms with Crippen molar-refractivity contribution in [3.05, 3.63) is 11.9 Å². The first-order valence-corrected chi connectivity index (χ1v) is 5.87. The van der Waals surface area contributed by atoms with E-state index in [0.717, 1.165) is 31.0 Å². The number of nitrogen functional groups attached to an aromatic ring is 1. The fourth-order valence-electron chi connectivity index (χ4n) is 2.15. The van der Waals surface area contributed by atoms with E-state index in [1.54, 1.807) is 6.33 Å². The first-order chi connectivity index (χ1) is 8.13. The van der Waals surface area contributed by atoms with Crippen molar-refractivity contribution in [1.82, 2.24) is 14.9 Å². The minimum Gasteiger partial charge on any atom is -0.353 e. The quantitative estimate of drug-likeness (QED) is 0.565. The van der Waals surface area contributed by atoms with Gasteiger partial charge in [-0.05, 0) is 20.9 Å². The summed E-state index contributed by atoms with van der Waals surface area (Å²) in [6, 6.07) is 0.535. The van der Waals surface area contributed by atoms with Crippen LogP contribution >= 0.6 is 0 Å². The number of rotatable bonds is 2. The van der Waals surface area contributed by atoms with E-state index in [1.807, 2.05) is 6.92 Å². The van der Waals surface area contributed by atoms with Crippen molar-refractivity contribution in [2.24, 2.45) is 5.84 Å². The zero-order valence-electron chi connectivity index (χ0n) is 10.6. The minimum absolute atomic E-state index is 0.535. The Morgan fingerprint density at radius 2 is 2.18 bits per heavy atom. The molecular formula is C11H20N6. The molecule has 6 heteroatoms. The van der Waals surface area contributed by atoms with E-state index in [1.165, 1.54) is 0 Å². The summed E-state index contributed by atoms with van der Waals surface area (Å²) < 4.78 is 0. The molecule has 0 saturated carbocycles. The van der Waals surface area contributed by atoms with Crippen molar-refractivity contribution >= 4 is 11.6 Å². The maximum Gasteiger partial charge on any atom is 0.148 e. The Morgan fingerprint density at radius 1 is 1.41 bits per heavy atom. The molecule has 1 atom stereocenters. The third kappa shape index (κ3) is 2.32. The van der Waals surface area contributed by atoms with Crippen LogP contribution in [0.5, 0.6) is 0 Å². The normalized spacial score (nSPS) is 21.6. The molecule has 1 unspecified atom stereocenters. The smallest absolute Gasteiger partial charge is 0.148 e. The molecule has 94 valence electrons. The van der Waals surface area contributed by atoms with Gasteiger partial charge in [0.2, 0.25) is 0 Å². The lowest BCUT2D eigenvalue weighted by atomic mass is 10.2. The summed E-state index contributed by atoms with van der Waals surface area (Å²) in [7, 11) is 2.15. The van der Waals surface area contributed by atoms with E-state index < -0.39 is 0 Å². The molecule has 1 saturated heterocycles. The lowest BCUT2D eigenvalue weighted by Gasteiger charge is -2.38. The monoisotopic (exact) mass is 236 g/mol. The van der Waals surface area contributed by atoms with Gasteiger partial charge in [0.05, 0.1) is 0 Å². The number of anilines is 2. The molecule has 0 aromatic carbocycles. The summed E-state index contributed by atoms with van der Waals surface area (Å²) in [5, 5.41) is 0. The van der Waals surface area contributed by atoms with Gasteiger partial charge in [-0.2, -0.15) is 0 Å². The van der Waals surface area contributed by atoms with Gasteiger partial charge in [0.25, 0.3) is 0 Å². The number of hydrogen-bond donors (Lipinski definition) is 2. The van der Waals surface area contributed by atoms with Crippen LogP contribution in [0.4, 0.5) is 11.6 Å². The zero-order chi connectivity index (χ0) is 12.4. The van der Waals surface area contributed by atoms with Crippen molar-refractivity contribution in [2.75, 3.05) is 37.0 Å². The second-order valence-corrected chi connectivity index (χ2v) is 4.59. The summed E-state index contributed by atoms with van der Waals surface area (Å²) in [5.41, 5.74) is 3.61. The standard InChI is InChI=1S/C11H20N6/c1-8-6-17(5-4-16(8)3)11-9(2)10(15-12)13-7-14-11/h7-8H,4-6,12H2,1-3H3,(H,13,14,15).